The lowest BCUT2D eigenvalue weighted by Gasteiger charge is -2.16. The van der Waals surface area contributed by atoms with Crippen LogP contribution < -0.4 is 10.5 Å². The molecule has 0 atom stereocenters. The van der Waals surface area contributed by atoms with Crippen molar-refractivity contribution >= 4 is 5.97 Å². The van der Waals surface area contributed by atoms with Crippen LogP contribution in [-0.2, 0) is 17.8 Å². The topological polar surface area (TPSA) is 85.4 Å². The highest BCUT2D eigenvalue weighted by molar-refractivity contribution is 5.69. The van der Waals surface area contributed by atoms with Gasteiger partial charge in [0.25, 0.3) is 6.43 Å². The van der Waals surface area contributed by atoms with Crippen molar-refractivity contribution in [3.05, 3.63) is 23.0 Å². The van der Waals surface area contributed by atoms with Crippen LogP contribution in [0.5, 0.6) is 5.75 Å². The Bertz CT molecular complexity index is 504. The van der Waals surface area contributed by atoms with Crippen molar-refractivity contribution in [1.82, 2.24) is 4.98 Å². The van der Waals surface area contributed by atoms with E-state index in [2.05, 4.69) is 9.72 Å². The molecule has 0 aliphatic rings. The Hall–Kier alpha value is -1.97. The van der Waals surface area contributed by atoms with Crippen molar-refractivity contribution in [3.8, 4) is 5.75 Å². The monoisotopic (exact) mass is 300 g/mol. The van der Waals surface area contributed by atoms with Gasteiger partial charge in [-0.05, 0) is 0 Å². The van der Waals surface area contributed by atoms with Gasteiger partial charge in [-0.15, -0.1) is 13.2 Å². The third-order valence-corrected chi connectivity index (χ3v) is 2.12. The number of nitrogens with two attached hydrogens (primary N) is 1. The molecular weight excluding hydrogens is 291 g/mol. The Labute approximate surface area is 109 Å². The van der Waals surface area contributed by atoms with Crippen molar-refractivity contribution in [1.29, 1.82) is 0 Å². The Morgan fingerprint density at radius 2 is 2.05 bits per heavy atom. The number of carboxylic acid groups (broad SMARTS) is 1. The molecule has 5 nitrogen and oxygen atoms in total. The summed E-state index contributed by atoms with van der Waals surface area (Å²) in [5.74, 6) is -2.58. The van der Waals surface area contributed by atoms with Gasteiger partial charge in [0, 0.05) is 12.6 Å². The number of nitrogens with zero attached hydrogens (tertiary/aromatic N) is 1. The summed E-state index contributed by atoms with van der Waals surface area (Å²) >= 11 is 0. The smallest absolute Gasteiger partial charge is 0.481 e. The van der Waals surface area contributed by atoms with Crippen LogP contribution in [0, 0.1) is 0 Å². The number of aromatic nitrogens is 1. The molecule has 10 heteroatoms. The number of rotatable bonds is 5. The van der Waals surface area contributed by atoms with Gasteiger partial charge in [-0.25, -0.2) is 8.78 Å². The molecule has 1 aromatic heterocycles. The fourth-order valence-electron chi connectivity index (χ4n) is 1.48. The van der Waals surface area contributed by atoms with Gasteiger partial charge in [0.15, 0.2) is 0 Å². The number of carboxylic acids is 1. The maximum Gasteiger partial charge on any atom is 0.573 e. The second kappa shape index (κ2) is 5.99. The molecule has 0 fully saturated rings. The van der Waals surface area contributed by atoms with E-state index in [1.54, 1.807) is 0 Å². The minimum atomic E-state index is -5.20. The normalized spacial score (nSPS) is 11.8. The summed E-state index contributed by atoms with van der Waals surface area (Å²) in [5, 5.41) is 8.55. The molecule has 1 rings (SSSR count). The van der Waals surface area contributed by atoms with Crippen LogP contribution >= 0.6 is 0 Å². The number of ether oxygens (including phenoxy) is 1. The van der Waals surface area contributed by atoms with Crippen LogP contribution in [-0.4, -0.2) is 22.4 Å². The summed E-state index contributed by atoms with van der Waals surface area (Å²) in [6, 6.07) is 0.516. The standard InChI is InChI=1S/C10H9F5N2O3/c11-9(12)8-5(3-16)17-4(2-7(18)19)1-6(8)20-10(13,14)15/h1,9H,2-3,16H2,(H,18,19). The van der Waals surface area contributed by atoms with Crippen molar-refractivity contribution in [3.63, 3.8) is 0 Å². The molecule has 0 aliphatic carbocycles. The first-order valence-electron chi connectivity index (χ1n) is 5.12. The summed E-state index contributed by atoms with van der Waals surface area (Å²) < 4.78 is 65.6. The molecule has 0 unspecified atom stereocenters. The highest BCUT2D eigenvalue weighted by Gasteiger charge is 2.34. The highest BCUT2D eigenvalue weighted by Crippen LogP contribution is 2.35. The number of halogens is 5. The number of hydrogen-bond acceptors (Lipinski definition) is 4. The Morgan fingerprint density at radius 3 is 2.45 bits per heavy atom. The van der Waals surface area contributed by atoms with Gasteiger partial charge in [-0.1, -0.05) is 0 Å². The maximum atomic E-state index is 12.8. The molecule has 0 radical (unpaired) electrons. The Balaban J connectivity index is 3.37. The molecule has 0 saturated carbocycles. The van der Waals surface area contributed by atoms with Crippen molar-refractivity contribution in [2.45, 2.75) is 25.8 Å². The van der Waals surface area contributed by atoms with Gasteiger partial charge >= 0.3 is 12.3 Å². The fourth-order valence-corrected chi connectivity index (χ4v) is 1.48. The van der Waals surface area contributed by atoms with E-state index in [1.807, 2.05) is 0 Å². The maximum absolute atomic E-state index is 12.8. The van der Waals surface area contributed by atoms with Gasteiger partial charge in [0.05, 0.1) is 23.4 Å². The van der Waals surface area contributed by atoms with Crippen LogP contribution in [0.1, 0.15) is 23.4 Å². The molecule has 0 aromatic carbocycles. The first-order chi connectivity index (χ1) is 9.14. The molecular formula is C10H9F5N2O3. The number of hydrogen-bond donors (Lipinski definition) is 2. The Morgan fingerprint density at radius 1 is 1.45 bits per heavy atom. The minimum Gasteiger partial charge on any atom is -0.481 e. The zero-order chi connectivity index (χ0) is 15.5. The van der Waals surface area contributed by atoms with Crippen LogP contribution in [0.15, 0.2) is 6.07 Å². The second-order valence-electron chi connectivity index (χ2n) is 3.60. The average molecular weight is 300 g/mol. The predicted molar refractivity (Wildman–Crippen MR) is 55.1 cm³/mol. The first-order valence-corrected chi connectivity index (χ1v) is 5.12. The molecule has 1 aromatic rings. The molecule has 1 heterocycles. The van der Waals surface area contributed by atoms with Gasteiger partial charge in [0.1, 0.15) is 5.75 Å². The summed E-state index contributed by atoms with van der Waals surface area (Å²) in [6.07, 6.45) is -9.24. The first kappa shape index (κ1) is 16.1. The molecule has 112 valence electrons. The highest BCUT2D eigenvalue weighted by atomic mass is 19.4. The summed E-state index contributed by atoms with van der Waals surface area (Å²) in [5.41, 5.74) is 3.14. The Kier molecular flexibility index (Phi) is 4.82. The van der Waals surface area contributed by atoms with E-state index < -0.39 is 48.7 Å². The second-order valence-corrected chi connectivity index (χ2v) is 3.60. The number of alkyl halides is 5. The quantitative estimate of drug-likeness (QED) is 0.812. The lowest BCUT2D eigenvalue weighted by molar-refractivity contribution is -0.275. The van der Waals surface area contributed by atoms with Crippen LogP contribution in [0.4, 0.5) is 22.0 Å². The lowest BCUT2D eigenvalue weighted by Crippen LogP contribution is -2.20. The molecule has 20 heavy (non-hydrogen) atoms. The number of aliphatic carboxylic acids is 1. The average Bonchev–Trinajstić information content (AvgIpc) is 2.24. The van der Waals surface area contributed by atoms with E-state index in [0.717, 1.165) is 0 Å². The van der Waals surface area contributed by atoms with E-state index in [0.29, 0.717) is 6.07 Å². The summed E-state index contributed by atoms with van der Waals surface area (Å²) in [4.78, 5) is 14.0. The van der Waals surface area contributed by atoms with Crippen molar-refractivity contribution < 1.29 is 36.6 Å². The van der Waals surface area contributed by atoms with E-state index in [1.165, 1.54) is 0 Å². The third kappa shape index (κ3) is 4.30. The lowest BCUT2D eigenvalue weighted by atomic mass is 10.1. The van der Waals surface area contributed by atoms with Crippen molar-refractivity contribution in [2.75, 3.05) is 0 Å². The van der Waals surface area contributed by atoms with Gasteiger partial charge < -0.3 is 15.6 Å². The molecule has 0 aliphatic heterocycles. The van der Waals surface area contributed by atoms with Gasteiger partial charge in [-0.2, -0.15) is 0 Å². The molecule has 0 saturated heterocycles. The SMILES string of the molecule is NCc1nc(CC(=O)O)cc(OC(F)(F)F)c1C(F)F. The van der Waals surface area contributed by atoms with Crippen LogP contribution in [0.3, 0.4) is 0 Å². The zero-order valence-corrected chi connectivity index (χ0v) is 9.75. The number of pyridine rings is 1. The minimum absolute atomic E-state index is 0.360. The van der Waals surface area contributed by atoms with Crippen LogP contribution in [0.25, 0.3) is 0 Å². The van der Waals surface area contributed by atoms with Crippen LogP contribution in [0.2, 0.25) is 0 Å². The molecule has 0 bridgehead atoms. The third-order valence-electron chi connectivity index (χ3n) is 2.12. The largest absolute Gasteiger partial charge is 0.573 e. The predicted octanol–water partition coefficient (Wildman–Crippen LogP) is 2.00. The van der Waals surface area contributed by atoms with Crippen molar-refractivity contribution in [2.24, 2.45) is 5.73 Å². The van der Waals surface area contributed by atoms with Gasteiger partial charge in [-0.3, -0.25) is 9.78 Å². The zero-order valence-electron chi connectivity index (χ0n) is 9.75. The van der Waals surface area contributed by atoms with E-state index >= 15 is 0 Å². The summed E-state index contributed by atoms with van der Waals surface area (Å²) in [6.45, 7) is -0.582. The summed E-state index contributed by atoms with van der Waals surface area (Å²) in [7, 11) is 0. The van der Waals surface area contributed by atoms with E-state index in [9.17, 15) is 26.7 Å². The van der Waals surface area contributed by atoms with E-state index in [-0.39, 0.29) is 5.69 Å². The molecule has 0 amide bonds. The number of carbonyl (C=O) groups is 1. The fraction of sp³-hybridized carbons (Fsp3) is 0.400. The molecule has 0 spiro atoms. The van der Waals surface area contributed by atoms with Gasteiger partial charge in [0.2, 0.25) is 0 Å². The van der Waals surface area contributed by atoms with E-state index in [4.69, 9.17) is 10.8 Å². The molecule has 3 N–H and O–H groups in total.